The van der Waals surface area contributed by atoms with Gasteiger partial charge in [0.1, 0.15) is 0 Å². The monoisotopic (exact) mass is 319 g/mol. The summed E-state index contributed by atoms with van der Waals surface area (Å²) in [6.07, 6.45) is 1.69. The van der Waals surface area contributed by atoms with Crippen molar-refractivity contribution in [2.45, 2.75) is 26.7 Å². The molecule has 0 saturated heterocycles. The summed E-state index contributed by atoms with van der Waals surface area (Å²) in [5.41, 5.74) is 1.06. The number of carbonyl (C=O) groups is 3. The molecule has 0 amide bonds. The predicted molar refractivity (Wildman–Crippen MR) is 83.4 cm³/mol. The third-order valence-corrected chi connectivity index (χ3v) is 4.13. The van der Waals surface area contributed by atoms with Crippen LogP contribution in [0.15, 0.2) is 24.4 Å². The highest BCUT2D eigenvalue weighted by Gasteiger charge is 2.15. The first-order chi connectivity index (χ1) is 10.5. The number of rotatable bonds is 7. The second-order valence-corrected chi connectivity index (χ2v) is 6.38. The maximum atomic E-state index is 12.0. The van der Waals surface area contributed by atoms with Crippen LogP contribution >= 0.6 is 11.3 Å². The average Bonchev–Trinajstić information content (AvgIpc) is 3.11. The first-order valence-electron chi connectivity index (χ1n) is 6.90. The number of esters is 1. The van der Waals surface area contributed by atoms with Crippen molar-refractivity contribution in [3.63, 3.8) is 0 Å². The fourth-order valence-electron chi connectivity index (χ4n) is 2.06. The summed E-state index contributed by atoms with van der Waals surface area (Å²) < 4.78 is 4.89. The lowest BCUT2D eigenvalue weighted by atomic mass is 10.1. The molecule has 0 bridgehead atoms. The number of hydrogen-bond donors (Lipinski definition) is 1. The Morgan fingerprint density at radius 1 is 1.18 bits per heavy atom. The maximum absolute atomic E-state index is 12.0. The van der Waals surface area contributed by atoms with Gasteiger partial charge in [0.05, 0.1) is 12.1 Å². The first kappa shape index (κ1) is 16.2. The molecule has 0 unspecified atom stereocenters. The Hall–Kier alpha value is -2.21. The van der Waals surface area contributed by atoms with Crippen LogP contribution < -0.4 is 0 Å². The Morgan fingerprint density at radius 2 is 1.95 bits per heavy atom. The van der Waals surface area contributed by atoms with Crippen molar-refractivity contribution in [3.05, 3.63) is 45.4 Å². The molecular weight excluding hydrogens is 302 g/mol. The van der Waals surface area contributed by atoms with Gasteiger partial charge in [-0.2, -0.15) is 0 Å². The zero-order valence-corrected chi connectivity index (χ0v) is 13.3. The van der Waals surface area contributed by atoms with Crippen molar-refractivity contribution < 1.29 is 19.1 Å². The molecule has 0 radical (unpaired) electrons. The molecule has 5 nitrogen and oxygen atoms in total. The topological polar surface area (TPSA) is 76.2 Å². The fraction of sp³-hybridized carbons (Fsp3) is 0.312. The smallest absolute Gasteiger partial charge is 0.306 e. The van der Waals surface area contributed by atoms with E-state index in [2.05, 4.69) is 4.98 Å². The summed E-state index contributed by atoms with van der Waals surface area (Å²) in [5.74, 6) is -0.915. The standard InChI is InChI=1S/C16H17NO4S/c1-10-8-12(11(2)22-10)14(18)5-6-16(20)21-9-15(19)13-4-3-7-17-13/h3-4,7-8,17H,5-6,9H2,1-2H3. The molecule has 0 atom stereocenters. The Kier molecular flexibility index (Phi) is 5.27. The van der Waals surface area contributed by atoms with Crippen molar-refractivity contribution in [3.8, 4) is 0 Å². The Balaban J connectivity index is 1.77. The molecule has 6 heteroatoms. The Labute approximate surface area is 132 Å². The summed E-state index contributed by atoms with van der Waals surface area (Å²) in [4.78, 5) is 40.1. The predicted octanol–water partition coefficient (Wildman–Crippen LogP) is 3.08. The molecule has 116 valence electrons. The summed E-state index contributed by atoms with van der Waals surface area (Å²) in [6, 6.07) is 5.14. The van der Waals surface area contributed by atoms with E-state index in [0.29, 0.717) is 11.3 Å². The van der Waals surface area contributed by atoms with Crippen LogP contribution in [0.1, 0.15) is 43.4 Å². The number of thiophene rings is 1. The van der Waals surface area contributed by atoms with Crippen molar-refractivity contribution >= 4 is 28.9 Å². The summed E-state index contributed by atoms with van der Waals surface area (Å²) in [5, 5.41) is 0. The van der Waals surface area contributed by atoms with Crippen LogP contribution in [0.4, 0.5) is 0 Å². The number of H-pyrrole nitrogens is 1. The molecule has 0 aliphatic heterocycles. The third kappa shape index (κ3) is 4.14. The lowest BCUT2D eigenvalue weighted by Gasteiger charge is -2.03. The third-order valence-electron chi connectivity index (χ3n) is 3.16. The second kappa shape index (κ2) is 7.17. The quantitative estimate of drug-likeness (QED) is 0.628. The number of carbonyl (C=O) groups excluding carboxylic acids is 3. The molecule has 2 rings (SSSR count). The molecule has 0 aliphatic carbocycles. The van der Waals surface area contributed by atoms with Gasteiger partial charge in [-0.15, -0.1) is 11.3 Å². The molecule has 2 aromatic rings. The van der Waals surface area contributed by atoms with Crippen LogP contribution in [0.2, 0.25) is 0 Å². The normalized spacial score (nSPS) is 10.5. The van der Waals surface area contributed by atoms with Gasteiger partial charge in [-0.3, -0.25) is 14.4 Å². The van der Waals surface area contributed by atoms with Gasteiger partial charge in [-0.25, -0.2) is 0 Å². The maximum Gasteiger partial charge on any atom is 0.306 e. The highest BCUT2D eigenvalue weighted by Crippen LogP contribution is 2.22. The van der Waals surface area contributed by atoms with E-state index < -0.39 is 5.97 Å². The van der Waals surface area contributed by atoms with Gasteiger partial charge >= 0.3 is 5.97 Å². The largest absolute Gasteiger partial charge is 0.457 e. The van der Waals surface area contributed by atoms with Crippen molar-refractivity contribution in [2.75, 3.05) is 6.61 Å². The van der Waals surface area contributed by atoms with Crippen LogP contribution in [-0.2, 0) is 9.53 Å². The van der Waals surface area contributed by atoms with Gasteiger partial charge in [0.25, 0.3) is 0 Å². The van der Waals surface area contributed by atoms with E-state index >= 15 is 0 Å². The number of aromatic amines is 1. The summed E-state index contributed by atoms with van der Waals surface area (Å²) in [6.45, 7) is 3.51. The molecular formula is C16H17NO4S. The van der Waals surface area contributed by atoms with Crippen molar-refractivity contribution in [1.82, 2.24) is 4.98 Å². The molecule has 22 heavy (non-hydrogen) atoms. The van der Waals surface area contributed by atoms with Gasteiger partial charge in [0, 0.05) is 27.9 Å². The number of aromatic nitrogens is 1. The van der Waals surface area contributed by atoms with Crippen molar-refractivity contribution in [2.24, 2.45) is 0 Å². The lowest BCUT2D eigenvalue weighted by Crippen LogP contribution is -2.15. The van der Waals surface area contributed by atoms with E-state index in [1.807, 2.05) is 19.9 Å². The fourth-order valence-corrected chi connectivity index (χ4v) is 3.00. The van der Waals surface area contributed by atoms with Gasteiger partial charge in [-0.1, -0.05) is 0 Å². The highest BCUT2D eigenvalue weighted by molar-refractivity contribution is 7.12. The minimum Gasteiger partial charge on any atom is -0.457 e. The Morgan fingerprint density at radius 3 is 2.55 bits per heavy atom. The SMILES string of the molecule is Cc1cc(C(=O)CCC(=O)OCC(=O)c2ccc[nH]2)c(C)s1. The van der Waals surface area contributed by atoms with Crippen LogP contribution in [0.5, 0.6) is 0 Å². The molecule has 0 aliphatic rings. The molecule has 1 N–H and O–H groups in total. The lowest BCUT2D eigenvalue weighted by molar-refractivity contribution is -0.142. The van der Waals surface area contributed by atoms with Gasteiger partial charge in [-0.05, 0) is 32.0 Å². The van der Waals surface area contributed by atoms with Crippen LogP contribution in [0, 0.1) is 13.8 Å². The van der Waals surface area contributed by atoms with Gasteiger partial charge in [0.2, 0.25) is 5.78 Å². The van der Waals surface area contributed by atoms with Crippen LogP contribution in [-0.4, -0.2) is 29.1 Å². The number of ether oxygens (including phenoxy) is 1. The van der Waals surface area contributed by atoms with Gasteiger partial charge < -0.3 is 9.72 Å². The number of ketones is 2. The van der Waals surface area contributed by atoms with Crippen molar-refractivity contribution in [1.29, 1.82) is 0 Å². The number of aryl methyl sites for hydroxylation is 2. The molecule has 0 saturated carbocycles. The summed E-state index contributed by atoms with van der Waals surface area (Å²) >= 11 is 1.56. The first-order valence-corrected chi connectivity index (χ1v) is 7.71. The van der Waals surface area contributed by atoms with Gasteiger partial charge in [0.15, 0.2) is 12.4 Å². The second-order valence-electron chi connectivity index (χ2n) is 4.92. The summed E-state index contributed by atoms with van der Waals surface area (Å²) in [7, 11) is 0. The molecule has 2 aromatic heterocycles. The minimum absolute atomic E-state index is 0.0226. The van der Waals surface area contributed by atoms with Crippen LogP contribution in [0.25, 0.3) is 0 Å². The minimum atomic E-state index is -0.544. The molecule has 0 spiro atoms. The Bertz CT molecular complexity index is 685. The average molecular weight is 319 g/mol. The molecule has 0 fully saturated rings. The van der Waals surface area contributed by atoms with E-state index in [0.717, 1.165) is 9.75 Å². The van der Waals surface area contributed by atoms with E-state index in [-0.39, 0.29) is 31.0 Å². The number of nitrogens with one attached hydrogen (secondary N) is 1. The van der Waals surface area contributed by atoms with E-state index in [4.69, 9.17) is 4.74 Å². The molecule has 0 aromatic carbocycles. The van der Waals surface area contributed by atoms with E-state index in [1.165, 1.54) is 0 Å². The zero-order chi connectivity index (χ0) is 16.1. The number of Topliss-reactive ketones (excluding diaryl/α,β-unsaturated/α-hetero) is 2. The number of hydrogen-bond acceptors (Lipinski definition) is 5. The van der Waals surface area contributed by atoms with E-state index in [1.54, 1.807) is 29.7 Å². The molecule has 2 heterocycles. The van der Waals surface area contributed by atoms with E-state index in [9.17, 15) is 14.4 Å². The zero-order valence-electron chi connectivity index (χ0n) is 12.5. The van der Waals surface area contributed by atoms with Crippen LogP contribution in [0.3, 0.4) is 0 Å². The highest BCUT2D eigenvalue weighted by atomic mass is 32.1.